The van der Waals surface area contributed by atoms with E-state index < -0.39 is 23.0 Å². The van der Waals surface area contributed by atoms with Crippen molar-refractivity contribution in [1.29, 1.82) is 0 Å². The fourth-order valence-electron chi connectivity index (χ4n) is 5.86. The monoisotopic (exact) mass is 528 g/mol. The number of esters is 2. The lowest BCUT2D eigenvalue weighted by atomic mass is 9.78. The van der Waals surface area contributed by atoms with Gasteiger partial charge in [-0.1, -0.05) is 12.1 Å². The Balaban J connectivity index is 1.90. The molecule has 0 saturated carbocycles. The normalized spacial score (nSPS) is 26.2. The van der Waals surface area contributed by atoms with E-state index in [0.717, 1.165) is 25.7 Å². The first-order valence-electron chi connectivity index (χ1n) is 13.7. The molecule has 0 spiro atoms. The standard InChI is InChI=1S/C31H48N2O5/c1-28(2)18-16-24(30(5,6)32(28)9)37-26(34)23(20-21-12-14-22(36-11)15-13-21)27(35)38-25-17-19-29(3,4)33(10)31(25,7)8/h12-15,20,24-25H,16-19H2,1-11H3. The number of hydrogen-bond acceptors (Lipinski definition) is 7. The van der Waals surface area contributed by atoms with Crippen LogP contribution in [0.2, 0.25) is 0 Å². The Morgan fingerprint density at radius 2 is 1.16 bits per heavy atom. The van der Waals surface area contributed by atoms with Gasteiger partial charge in [-0.05, 0) is 119 Å². The summed E-state index contributed by atoms with van der Waals surface area (Å²) in [5, 5.41) is 0. The van der Waals surface area contributed by atoms with Crippen molar-refractivity contribution >= 4 is 18.0 Å². The predicted molar refractivity (Wildman–Crippen MR) is 151 cm³/mol. The first-order chi connectivity index (χ1) is 17.4. The zero-order valence-corrected chi connectivity index (χ0v) is 25.3. The average molecular weight is 529 g/mol. The minimum absolute atomic E-state index is 0.0144. The third-order valence-corrected chi connectivity index (χ3v) is 9.52. The molecular formula is C31H48N2O5. The number of rotatable bonds is 6. The Hall–Kier alpha value is -2.38. The SMILES string of the molecule is COc1ccc(C=C(C(=O)OC2CCC(C)(C)N(C)C2(C)C)C(=O)OC2CCC(C)(C)N(C)C2(C)C)cc1. The summed E-state index contributed by atoms with van der Waals surface area (Å²) in [5.74, 6) is -0.614. The van der Waals surface area contributed by atoms with Crippen LogP contribution < -0.4 is 4.74 Å². The lowest BCUT2D eigenvalue weighted by molar-refractivity contribution is -0.171. The Morgan fingerprint density at radius 1 is 0.763 bits per heavy atom. The number of likely N-dealkylation sites (N-methyl/N-ethyl adjacent to an activating group) is 2. The average Bonchev–Trinajstić information content (AvgIpc) is 2.84. The lowest BCUT2D eigenvalue weighted by Gasteiger charge is -2.54. The maximum absolute atomic E-state index is 13.7. The lowest BCUT2D eigenvalue weighted by Crippen LogP contribution is -2.64. The van der Waals surface area contributed by atoms with Crippen LogP contribution in [-0.4, -0.2) is 77.3 Å². The Kier molecular flexibility index (Phi) is 8.45. The van der Waals surface area contributed by atoms with E-state index in [9.17, 15) is 9.59 Å². The largest absolute Gasteiger partial charge is 0.497 e. The van der Waals surface area contributed by atoms with Crippen molar-refractivity contribution in [3.05, 3.63) is 35.4 Å². The van der Waals surface area contributed by atoms with Crippen molar-refractivity contribution in [1.82, 2.24) is 9.80 Å². The van der Waals surface area contributed by atoms with Gasteiger partial charge >= 0.3 is 11.9 Å². The van der Waals surface area contributed by atoms with Crippen LogP contribution in [0.1, 0.15) is 86.6 Å². The van der Waals surface area contributed by atoms with E-state index in [1.54, 1.807) is 37.5 Å². The molecule has 2 heterocycles. The second kappa shape index (κ2) is 10.6. The number of methoxy groups -OCH3 is 1. The fourth-order valence-corrected chi connectivity index (χ4v) is 5.86. The number of carbonyl (C=O) groups excluding carboxylic acids is 2. The van der Waals surface area contributed by atoms with E-state index in [1.807, 2.05) is 0 Å². The number of nitrogens with zero attached hydrogens (tertiary/aromatic N) is 2. The van der Waals surface area contributed by atoms with Crippen LogP contribution in [0.3, 0.4) is 0 Å². The summed E-state index contributed by atoms with van der Waals surface area (Å²) >= 11 is 0. The summed E-state index contributed by atoms with van der Waals surface area (Å²) < 4.78 is 17.4. The summed E-state index contributed by atoms with van der Waals surface area (Å²) in [5.41, 5.74) is -0.226. The molecule has 3 rings (SSSR count). The first-order valence-corrected chi connectivity index (χ1v) is 13.7. The zero-order valence-electron chi connectivity index (χ0n) is 25.3. The molecule has 0 aromatic heterocycles. The molecule has 1 aromatic carbocycles. The summed E-state index contributed by atoms with van der Waals surface area (Å²) in [4.78, 5) is 31.8. The van der Waals surface area contributed by atoms with Crippen LogP contribution in [0.4, 0.5) is 0 Å². The van der Waals surface area contributed by atoms with E-state index in [2.05, 4.69) is 79.3 Å². The molecule has 0 N–H and O–H groups in total. The molecule has 2 aliphatic rings. The number of likely N-dealkylation sites (tertiary alicyclic amines) is 2. The molecule has 2 atom stereocenters. The smallest absolute Gasteiger partial charge is 0.345 e. The number of benzene rings is 1. The minimum atomic E-state index is -0.653. The minimum Gasteiger partial charge on any atom is -0.497 e. The molecule has 7 nitrogen and oxygen atoms in total. The maximum Gasteiger partial charge on any atom is 0.345 e. The molecule has 212 valence electrons. The van der Waals surface area contributed by atoms with Crippen LogP contribution in [0.15, 0.2) is 29.8 Å². The van der Waals surface area contributed by atoms with Gasteiger partial charge in [0.05, 0.1) is 18.2 Å². The van der Waals surface area contributed by atoms with Crippen LogP contribution >= 0.6 is 0 Å². The second-order valence-electron chi connectivity index (χ2n) is 13.2. The highest BCUT2D eigenvalue weighted by molar-refractivity contribution is 6.17. The summed E-state index contributed by atoms with van der Waals surface area (Å²) in [6.07, 6.45) is 4.04. The number of ether oxygens (including phenoxy) is 3. The topological polar surface area (TPSA) is 68.3 Å². The Morgan fingerprint density at radius 3 is 1.53 bits per heavy atom. The highest BCUT2D eigenvalue weighted by atomic mass is 16.6. The van der Waals surface area contributed by atoms with Crippen molar-refractivity contribution in [2.75, 3.05) is 21.2 Å². The molecule has 2 saturated heterocycles. The van der Waals surface area contributed by atoms with Crippen molar-refractivity contribution in [2.45, 2.75) is 115 Å². The molecule has 0 aliphatic carbocycles. The molecular weight excluding hydrogens is 480 g/mol. The van der Waals surface area contributed by atoms with Gasteiger partial charge in [0.1, 0.15) is 23.5 Å². The quantitative estimate of drug-likeness (QED) is 0.210. The summed E-state index contributed by atoms with van der Waals surface area (Å²) in [7, 11) is 5.72. The molecule has 0 radical (unpaired) electrons. The number of hydrogen-bond donors (Lipinski definition) is 0. The molecule has 2 unspecified atom stereocenters. The van der Waals surface area contributed by atoms with E-state index in [-0.39, 0.29) is 28.9 Å². The number of carbonyl (C=O) groups is 2. The highest BCUT2D eigenvalue weighted by Gasteiger charge is 2.49. The van der Waals surface area contributed by atoms with Crippen molar-refractivity contribution in [2.24, 2.45) is 0 Å². The van der Waals surface area contributed by atoms with Gasteiger partial charge in [0.25, 0.3) is 0 Å². The predicted octanol–water partition coefficient (Wildman–Crippen LogP) is 5.47. The van der Waals surface area contributed by atoms with Gasteiger partial charge in [-0.3, -0.25) is 9.80 Å². The molecule has 7 heteroatoms. The number of piperidine rings is 2. The van der Waals surface area contributed by atoms with Crippen molar-refractivity contribution in [3.63, 3.8) is 0 Å². The van der Waals surface area contributed by atoms with E-state index in [4.69, 9.17) is 14.2 Å². The van der Waals surface area contributed by atoms with Gasteiger partial charge in [-0.15, -0.1) is 0 Å². The van der Waals surface area contributed by atoms with Crippen molar-refractivity contribution < 1.29 is 23.8 Å². The first kappa shape index (κ1) is 30.2. The third-order valence-electron chi connectivity index (χ3n) is 9.52. The zero-order chi connectivity index (χ0) is 28.7. The maximum atomic E-state index is 13.7. The summed E-state index contributed by atoms with van der Waals surface area (Å²) in [6, 6.07) is 7.20. The van der Waals surface area contributed by atoms with E-state index in [0.29, 0.717) is 11.3 Å². The van der Waals surface area contributed by atoms with Crippen molar-refractivity contribution in [3.8, 4) is 5.75 Å². The van der Waals surface area contributed by atoms with Gasteiger partial charge in [-0.2, -0.15) is 0 Å². The Bertz CT molecular complexity index is 997. The molecule has 38 heavy (non-hydrogen) atoms. The highest BCUT2D eigenvalue weighted by Crippen LogP contribution is 2.40. The van der Waals surface area contributed by atoms with Gasteiger partial charge < -0.3 is 14.2 Å². The molecule has 0 bridgehead atoms. The third kappa shape index (κ3) is 5.94. The molecule has 1 aromatic rings. The van der Waals surface area contributed by atoms with Crippen LogP contribution in [0.5, 0.6) is 5.75 Å². The summed E-state index contributed by atoms with van der Waals surface area (Å²) in [6.45, 7) is 17.1. The van der Waals surface area contributed by atoms with E-state index >= 15 is 0 Å². The van der Waals surface area contributed by atoms with Crippen LogP contribution in [0.25, 0.3) is 6.08 Å². The van der Waals surface area contributed by atoms with Crippen LogP contribution in [-0.2, 0) is 19.1 Å². The van der Waals surface area contributed by atoms with Crippen LogP contribution in [0, 0.1) is 0 Å². The second-order valence-corrected chi connectivity index (χ2v) is 13.2. The van der Waals surface area contributed by atoms with E-state index in [1.165, 1.54) is 0 Å². The molecule has 2 aliphatic heterocycles. The molecule has 2 fully saturated rings. The van der Waals surface area contributed by atoms with Gasteiger partial charge in [0.15, 0.2) is 0 Å². The molecule has 0 amide bonds. The Labute approximate surface area is 229 Å². The fraction of sp³-hybridized carbons (Fsp3) is 0.677. The van der Waals surface area contributed by atoms with Gasteiger partial charge in [-0.25, -0.2) is 9.59 Å². The van der Waals surface area contributed by atoms with Gasteiger partial charge in [0.2, 0.25) is 0 Å². The van der Waals surface area contributed by atoms with Gasteiger partial charge in [0, 0.05) is 11.1 Å².